The first-order valence-electron chi connectivity index (χ1n) is 9.47. The molecule has 0 bridgehead atoms. The third-order valence-corrected chi connectivity index (χ3v) is 7.57. The number of hydrogen-bond donors (Lipinski definition) is 2. The second kappa shape index (κ2) is 6.99. The standard InChI is InChI=1S/C22H13NO8S2/c24-20-14-7-10-17(32(26,27)28)22(33(29,30)31)18(14)21(25)19(20)16-9-6-13-12-4-2-1-3-11(12)5-8-15(13)23-16/h1-10,19H,(H,26,27,28)(H,29,30,31). The molecule has 9 nitrogen and oxygen atoms in total. The van der Waals surface area contributed by atoms with E-state index in [1.807, 2.05) is 30.3 Å². The van der Waals surface area contributed by atoms with E-state index >= 15 is 0 Å². The lowest BCUT2D eigenvalue weighted by molar-refractivity contribution is 0.0887. The van der Waals surface area contributed by atoms with Crippen LogP contribution in [-0.2, 0) is 20.2 Å². The summed E-state index contributed by atoms with van der Waals surface area (Å²) < 4.78 is 66.3. The van der Waals surface area contributed by atoms with Crippen LogP contribution in [0.5, 0.6) is 0 Å². The molecule has 166 valence electrons. The van der Waals surface area contributed by atoms with Crippen LogP contribution in [0.3, 0.4) is 0 Å². The Kier molecular flexibility index (Phi) is 4.52. The molecular formula is C22H13NO8S2. The zero-order valence-corrected chi connectivity index (χ0v) is 18.1. The van der Waals surface area contributed by atoms with E-state index in [1.54, 1.807) is 12.1 Å². The van der Waals surface area contributed by atoms with Gasteiger partial charge in [0, 0.05) is 10.9 Å². The van der Waals surface area contributed by atoms with Crippen LogP contribution in [0.1, 0.15) is 32.3 Å². The summed E-state index contributed by atoms with van der Waals surface area (Å²) in [6.07, 6.45) is 0. The van der Waals surface area contributed by atoms with Crippen LogP contribution in [0, 0.1) is 0 Å². The van der Waals surface area contributed by atoms with Crippen LogP contribution in [0.4, 0.5) is 0 Å². The van der Waals surface area contributed by atoms with Gasteiger partial charge in [-0.2, -0.15) is 16.8 Å². The fourth-order valence-corrected chi connectivity index (χ4v) is 6.22. The Morgan fingerprint density at radius 2 is 1.45 bits per heavy atom. The van der Waals surface area contributed by atoms with Gasteiger partial charge in [-0.25, -0.2) is 0 Å². The van der Waals surface area contributed by atoms with Gasteiger partial charge in [0.05, 0.1) is 16.8 Å². The van der Waals surface area contributed by atoms with Crippen molar-refractivity contribution in [3.63, 3.8) is 0 Å². The number of carbonyl (C=O) groups excluding carboxylic acids is 2. The molecule has 5 rings (SSSR count). The van der Waals surface area contributed by atoms with Crippen LogP contribution in [0.15, 0.2) is 70.5 Å². The Balaban J connectivity index is 1.72. The largest absolute Gasteiger partial charge is 0.296 e. The molecule has 0 saturated heterocycles. The maximum atomic E-state index is 13.2. The van der Waals surface area contributed by atoms with Crippen molar-refractivity contribution in [1.82, 2.24) is 4.98 Å². The highest BCUT2D eigenvalue weighted by atomic mass is 32.2. The molecule has 4 aromatic rings. The molecule has 11 heteroatoms. The molecular weight excluding hydrogens is 470 g/mol. The number of nitrogens with zero attached hydrogens (tertiary/aromatic N) is 1. The highest BCUT2D eigenvalue weighted by molar-refractivity contribution is 7.89. The fraction of sp³-hybridized carbons (Fsp3) is 0.0455. The van der Waals surface area contributed by atoms with Gasteiger partial charge >= 0.3 is 0 Å². The summed E-state index contributed by atoms with van der Waals surface area (Å²) in [4.78, 5) is 28.2. The van der Waals surface area contributed by atoms with Crippen LogP contribution in [0.25, 0.3) is 21.7 Å². The van der Waals surface area contributed by atoms with E-state index in [2.05, 4.69) is 4.98 Å². The van der Waals surface area contributed by atoms with Crippen molar-refractivity contribution in [3.8, 4) is 0 Å². The molecule has 2 N–H and O–H groups in total. The topological polar surface area (TPSA) is 156 Å². The summed E-state index contributed by atoms with van der Waals surface area (Å²) in [5.41, 5.74) is -0.636. The molecule has 1 unspecified atom stereocenters. The van der Waals surface area contributed by atoms with Crippen LogP contribution in [0.2, 0.25) is 0 Å². The number of hydrogen-bond acceptors (Lipinski definition) is 7. The lowest BCUT2D eigenvalue weighted by Crippen LogP contribution is -2.16. The van der Waals surface area contributed by atoms with Crippen molar-refractivity contribution < 1.29 is 35.5 Å². The molecule has 0 aliphatic heterocycles. The molecule has 0 saturated carbocycles. The lowest BCUT2D eigenvalue weighted by atomic mass is 9.97. The summed E-state index contributed by atoms with van der Waals surface area (Å²) >= 11 is 0. The second-order valence-electron chi connectivity index (χ2n) is 7.52. The number of fused-ring (bicyclic) bond motifs is 4. The Morgan fingerprint density at radius 1 is 0.727 bits per heavy atom. The zero-order valence-electron chi connectivity index (χ0n) is 16.5. The number of pyridine rings is 1. The van der Waals surface area contributed by atoms with Gasteiger partial charge in [-0.1, -0.05) is 36.4 Å². The Morgan fingerprint density at radius 3 is 2.15 bits per heavy atom. The number of rotatable bonds is 3. The van der Waals surface area contributed by atoms with E-state index in [1.165, 1.54) is 6.07 Å². The normalized spacial score (nSPS) is 16.5. The summed E-state index contributed by atoms with van der Waals surface area (Å²) in [5, 5.41) is 2.66. The Bertz CT molecular complexity index is 1760. The smallest absolute Gasteiger partial charge is 0.293 e. The van der Waals surface area contributed by atoms with Crippen molar-refractivity contribution in [1.29, 1.82) is 0 Å². The van der Waals surface area contributed by atoms with E-state index in [4.69, 9.17) is 0 Å². The van der Waals surface area contributed by atoms with Gasteiger partial charge in [0.2, 0.25) is 0 Å². The molecule has 1 aliphatic carbocycles. The first kappa shape index (κ1) is 21.3. The first-order valence-corrected chi connectivity index (χ1v) is 12.4. The van der Waals surface area contributed by atoms with Gasteiger partial charge in [-0.15, -0.1) is 0 Å². The predicted octanol–water partition coefficient (Wildman–Crippen LogP) is 3.04. The third-order valence-electron chi connectivity index (χ3n) is 5.61. The summed E-state index contributed by atoms with van der Waals surface area (Å²) in [6, 6.07) is 15.9. The summed E-state index contributed by atoms with van der Waals surface area (Å²) in [6.45, 7) is 0. The molecule has 1 aliphatic rings. The van der Waals surface area contributed by atoms with Crippen LogP contribution in [-0.4, -0.2) is 42.5 Å². The monoisotopic (exact) mass is 483 g/mol. The van der Waals surface area contributed by atoms with Gasteiger partial charge in [-0.05, 0) is 35.0 Å². The van der Waals surface area contributed by atoms with Gasteiger partial charge < -0.3 is 0 Å². The molecule has 0 spiro atoms. The van der Waals surface area contributed by atoms with Crippen molar-refractivity contribution in [2.75, 3.05) is 0 Å². The third kappa shape index (κ3) is 3.25. The number of benzene rings is 3. The Hall–Kier alpha value is -3.51. The predicted molar refractivity (Wildman–Crippen MR) is 117 cm³/mol. The zero-order chi connectivity index (χ0) is 23.7. The van der Waals surface area contributed by atoms with Gasteiger partial charge in [0.15, 0.2) is 11.6 Å². The average Bonchev–Trinajstić information content (AvgIpc) is 3.01. The highest BCUT2D eigenvalue weighted by Gasteiger charge is 2.46. The quantitative estimate of drug-likeness (QED) is 0.254. The minimum Gasteiger partial charge on any atom is -0.293 e. The first-order chi connectivity index (χ1) is 15.5. The lowest BCUT2D eigenvalue weighted by Gasteiger charge is -2.10. The van der Waals surface area contributed by atoms with Crippen molar-refractivity contribution in [2.24, 2.45) is 0 Å². The number of aromatic nitrogens is 1. The van der Waals surface area contributed by atoms with E-state index in [0.717, 1.165) is 22.2 Å². The highest BCUT2D eigenvalue weighted by Crippen LogP contribution is 2.40. The van der Waals surface area contributed by atoms with E-state index < -0.39 is 53.1 Å². The maximum Gasteiger partial charge on any atom is 0.296 e. The van der Waals surface area contributed by atoms with Crippen molar-refractivity contribution in [3.05, 3.63) is 77.5 Å². The molecule has 0 fully saturated rings. The van der Waals surface area contributed by atoms with Crippen LogP contribution >= 0.6 is 0 Å². The minimum absolute atomic E-state index is 0.0404. The van der Waals surface area contributed by atoms with Gasteiger partial charge in [0.1, 0.15) is 15.7 Å². The maximum absolute atomic E-state index is 13.2. The molecule has 1 aromatic heterocycles. The summed E-state index contributed by atoms with van der Waals surface area (Å²) in [7, 11) is -10.4. The van der Waals surface area contributed by atoms with E-state index in [-0.39, 0.29) is 11.3 Å². The summed E-state index contributed by atoms with van der Waals surface area (Å²) in [5.74, 6) is -3.37. The number of Topliss-reactive ketones (excluding diaryl/α,β-unsaturated/α-hetero) is 2. The average molecular weight is 483 g/mol. The molecule has 0 radical (unpaired) electrons. The minimum atomic E-state index is -5.30. The molecule has 1 heterocycles. The van der Waals surface area contributed by atoms with E-state index in [9.17, 15) is 35.5 Å². The molecule has 0 amide bonds. The molecule has 1 atom stereocenters. The Labute approximate surface area is 187 Å². The fourth-order valence-electron chi connectivity index (χ4n) is 4.22. The van der Waals surface area contributed by atoms with Gasteiger partial charge in [-0.3, -0.25) is 23.7 Å². The SMILES string of the molecule is O=C1c2ccc(S(=O)(=O)O)c(S(=O)(=O)O)c2C(=O)C1c1ccc2c(ccc3ccccc32)n1. The number of carbonyl (C=O) groups is 2. The van der Waals surface area contributed by atoms with Crippen molar-refractivity contribution in [2.45, 2.75) is 15.7 Å². The number of ketones is 2. The second-order valence-corrected chi connectivity index (χ2v) is 10.3. The molecule has 33 heavy (non-hydrogen) atoms. The molecule has 3 aromatic carbocycles. The van der Waals surface area contributed by atoms with Crippen molar-refractivity contribution >= 4 is 53.5 Å². The van der Waals surface area contributed by atoms with Crippen LogP contribution < -0.4 is 0 Å². The van der Waals surface area contributed by atoms with E-state index in [0.29, 0.717) is 11.6 Å². The van der Waals surface area contributed by atoms with Gasteiger partial charge in [0.25, 0.3) is 20.2 Å².